The van der Waals surface area contributed by atoms with E-state index < -0.39 is 0 Å². The zero-order valence-corrected chi connectivity index (χ0v) is 11.4. The van der Waals surface area contributed by atoms with Gasteiger partial charge in [0.05, 0.1) is 33.5 Å². The van der Waals surface area contributed by atoms with Crippen LogP contribution >= 0.6 is 0 Å². The van der Waals surface area contributed by atoms with Crippen LogP contribution in [0.2, 0.25) is 0 Å². The average Bonchev–Trinajstić information content (AvgIpc) is 2.98. The minimum absolute atomic E-state index is 0.0234. The van der Waals surface area contributed by atoms with Crippen molar-refractivity contribution < 1.29 is 23.7 Å². The summed E-state index contributed by atoms with van der Waals surface area (Å²) in [6, 6.07) is 3.42. The van der Waals surface area contributed by atoms with Gasteiger partial charge in [-0.2, -0.15) is 0 Å². The van der Waals surface area contributed by atoms with E-state index in [-0.39, 0.29) is 11.7 Å². The van der Waals surface area contributed by atoms with Crippen molar-refractivity contribution in [3.8, 4) is 17.2 Å². The standard InChI is InChI=1S/C14H18O5/c1-16-11-5-4-10(13(17-2)14(11)18-3)12(15)9-6-7-19-8-9/h4-5,9H,6-8H2,1-3H3. The minimum atomic E-state index is -0.105. The van der Waals surface area contributed by atoms with Crippen molar-refractivity contribution in [2.45, 2.75) is 6.42 Å². The molecule has 0 radical (unpaired) electrons. The van der Waals surface area contributed by atoms with E-state index in [0.717, 1.165) is 6.42 Å². The number of Topliss-reactive ketones (excluding diaryl/α,β-unsaturated/α-hetero) is 1. The van der Waals surface area contributed by atoms with Crippen LogP contribution in [0.4, 0.5) is 0 Å². The van der Waals surface area contributed by atoms with Gasteiger partial charge >= 0.3 is 0 Å². The van der Waals surface area contributed by atoms with Crippen LogP contribution in [-0.4, -0.2) is 40.3 Å². The Labute approximate surface area is 112 Å². The quantitative estimate of drug-likeness (QED) is 0.762. The van der Waals surface area contributed by atoms with Crippen LogP contribution in [0.5, 0.6) is 17.2 Å². The van der Waals surface area contributed by atoms with Gasteiger partial charge in [0.2, 0.25) is 5.75 Å². The number of benzene rings is 1. The first kappa shape index (κ1) is 13.7. The van der Waals surface area contributed by atoms with Gasteiger partial charge in [0.25, 0.3) is 0 Å². The molecule has 19 heavy (non-hydrogen) atoms. The molecule has 0 spiro atoms. The number of carbonyl (C=O) groups is 1. The molecule has 0 aliphatic carbocycles. The summed E-state index contributed by atoms with van der Waals surface area (Å²) in [5, 5.41) is 0. The van der Waals surface area contributed by atoms with Crippen molar-refractivity contribution >= 4 is 5.78 Å². The first-order valence-electron chi connectivity index (χ1n) is 6.13. The number of ketones is 1. The van der Waals surface area contributed by atoms with Gasteiger partial charge in [-0.1, -0.05) is 0 Å². The summed E-state index contributed by atoms with van der Waals surface area (Å²) >= 11 is 0. The first-order chi connectivity index (χ1) is 9.22. The van der Waals surface area contributed by atoms with E-state index in [1.807, 2.05) is 0 Å². The maximum atomic E-state index is 12.4. The third-order valence-corrected chi connectivity index (χ3v) is 3.27. The molecule has 1 atom stereocenters. The van der Waals surface area contributed by atoms with Crippen molar-refractivity contribution in [2.24, 2.45) is 5.92 Å². The Morgan fingerprint density at radius 3 is 2.42 bits per heavy atom. The van der Waals surface area contributed by atoms with Crippen LogP contribution in [0.15, 0.2) is 12.1 Å². The summed E-state index contributed by atoms with van der Waals surface area (Å²) in [6.45, 7) is 1.10. The summed E-state index contributed by atoms with van der Waals surface area (Å²) in [5.74, 6) is 1.31. The van der Waals surface area contributed by atoms with Crippen molar-refractivity contribution in [1.29, 1.82) is 0 Å². The molecule has 1 saturated heterocycles. The van der Waals surface area contributed by atoms with Gasteiger partial charge in [0.15, 0.2) is 17.3 Å². The monoisotopic (exact) mass is 266 g/mol. The van der Waals surface area contributed by atoms with E-state index in [0.29, 0.717) is 36.0 Å². The minimum Gasteiger partial charge on any atom is -0.493 e. The number of rotatable bonds is 5. The van der Waals surface area contributed by atoms with Crippen LogP contribution in [0.1, 0.15) is 16.8 Å². The fourth-order valence-corrected chi connectivity index (χ4v) is 2.26. The van der Waals surface area contributed by atoms with Gasteiger partial charge in [0, 0.05) is 12.5 Å². The topological polar surface area (TPSA) is 54.0 Å². The van der Waals surface area contributed by atoms with Gasteiger partial charge in [-0.3, -0.25) is 4.79 Å². The van der Waals surface area contributed by atoms with Crippen LogP contribution in [0, 0.1) is 5.92 Å². The third-order valence-electron chi connectivity index (χ3n) is 3.27. The predicted octanol–water partition coefficient (Wildman–Crippen LogP) is 1.93. The molecular formula is C14H18O5. The van der Waals surface area contributed by atoms with Crippen LogP contribution in [0.25, 0.3) is 0 Å². The maximum Gasteiger partial charge on any atom is 0.204 e. The van der Waals surface area contributed by atoms with E-state index in [2.05, 4.69) is 0 Å². The Kier molecular flexibility index (Phi) is 4.27. The SMILES string of the molecule is COc1ccc(C(=O)C2CCOC2)c(OC)c1OC. The van der Waals surface area contributed by atoms with Gasteiger partial charge < -0.3 is 18.9 Å². The molecule has 1 aliphatic rings. The molecule has 2 rings (SSSR count). The molecule has 0 aromatic heterocycles. The van der Waals surface area contributed by atoms with E-state index in [4.69, 9.17) is 18.9 Å². The Hall–Kier alpha value is -1.75. The predicted molar refractivity (Wildman–Crippen MR) is 69.4 cm³/mol. The fourth-order valence-electron chi connectivity index (χ4n) is 2.26. The number of hydrogen-bond acceptors (Lipinski definition) is 5. The summed E-state index contributed by atoms with van der Waals surface area (Å²) < 4.78 is 21.1. The average molecular weight is 266 g/mol. The molecule has 0 N–H and O–H groups in total. The molecule has 1 fully saturated rings. The maximum absolute atomic E-state index is 12.4. The molecule has 1 heterocycles. The summed E-state index contributed by atoms with van der Waals surface area (Å²) in [6.07, 6.45) is 0.746. The second kappa shape index (κ2) is 5.93. The molecule has 0 amide bonds. The molecular weight excluding hydrogens is 248 g/mol. The second-order valence-electron chi connectivity index (χ2n) is 4.31. The fraction of sp³-hybridized carbons (Fsp3) is 0.500. The highest BCUT2D eigenvalue weighted by Crippen LogP contribution is 2.40. The normalized spacial score (nSPS) is 18.2. The Morgan fingerprint density at radius 2 is 1.89 bits per heavy atom. The first-order valence-corrected chi connectivity index (χ1v) is 6.13. The molecule has 1 unspecified atom stereocenters. The van der Waals surface area contributed by atoms with Crippen LogP contribution in [0.3, 0.4) is 0 Å². The second-order valence-corrected chi connectivity index (χ2v) is 4.31. The molecule has 1 aliphatic heterocycles. The van der Waals surface area contributed by atoms with Crippen molar-refractivity contribution in [2.75, 3.05) is 34.5 Å². The van der Waals surface area contributed by atoms with Gasteiger partial charge in [0.1, 0.15) is 0 Å². The molecule has 0 bridgehead atoms. The number of methoxy groups -OCH3 is 3. The summed E-state index contributed by atoms with van der Waals surface area (Å²) in [5.41, 5.74) is 0.510. The van der Waals surface area contributed by atoms with Gasteiger partial charge in [-0.25, -0.2) is 0 Å². The zero-order chi connectivity index (χ0) is 13.8. The van der Waals surface area contributed by atoms with Crippen LogP contribution in [-0.2, 0) is 4.74 Å². The molecule has 5 nitrogen and oxygen atoms in total. The molecule has 1 aromatic rings. The lowest BCUT2D eigenvalue weighted by Crippen LogP contribution is -2.16. The van der Waals surface area contributed by atoms with Crippen LogP contribution < -0.4 is 14.2 Å². The number of hydrogen-bond donors (Lipinski definition) is 0. The summed E-state index contributed by atoms with van der Waals surface area (Å²) in [4.78, 5) is 12.4. The molecule has 104 valence electrons. The lowest BCUT2D eigenvalue weighted by molar-refractivity contribution is 0.0896. The largest absolute Gasteiger partial charge is 0.493 e. The molecule has 5 heteroatoms. The molecule has 1 aromatic carbocycles. The van der Waals surface area contributed by atoms with E-state index in [9.17, 15) is 4.79 Å². The van der Waals surface area contributed by atoms with E-state index >= 15 is 0 Å². The van der Waals surface area contributed by atoms with Crippen molar-refractivity contribution in [3.63, 3.8) is 0 Å². The summed E-state index contributed by atoms with van der Waals surface area (Å²) in [7, 11) is 4.58. The van der Waals surface area contributed by atoms with E-state index in [1.54, 1.807) is 19.2 Å². The highest BCUT2D eigenvalue weighted by atomic mass is 16.5. The van der Waals surface area contributed by atoms with Crippen molar-refractivity contribution in [3.05, 3.63) is 17.7 Å². The Balaban J connectivity index is 2.42. The highest BCUT2D eigenvalue weighted by Gasteiger charge is 2.29. The van der Waals surface area contributed by atoms with Gasteiger partial charge in [-0.05, 0) is 18.6 Å². The lowest BCUT2D eigenvalue weighted by Gasteiger charge is -2.16. The number of ether oxygens (including phenoxy) is 4. The molecule has 0 saturated carbocycles. The van der Waals surface area contributed by atoms with Crippen molar-refractivity contribution in [1.82, 2.24) is 0 Å². The Bertz CT molecular complexity index is 463. The Morgan fingerprint density at radius 1 is 1.16 bits per heavy atom. The lowest BCUT2D eigenvalue weighted by atomic mass is 9.96. The third kappa shape index (κ3) is 2.51. The van der Waals surface area contributed by atoms with Gasteiger partial charge in [-0.15, -0.1) is 0 Å². The highest BCUT2D eigenvalue weighted by molar-refractivity contribution is 6.01. The zero-order valence-electron chi connectivity index (χ0n) is 11.4. The number of carbonyl (C=O) groups excluding carboxylic acids is 1. The smallest absolute Gasteiger partial charge is 0.204 e. The van der Waals surface area contributed by atoms with E-state index in [1.165, 1.54) is 14.2 Å².